The highest BCUT2D eigenvalue weighted by molar-refractivity contribution is 7.89. The third kappa shape index (κ3) is 4.09. The number of benzene rings is 2. The SMILES string of the molecule is O=[N+]([O-])c1ccc(N[C@@H]2C[C@H]2c2ccc(F)cc2)c(S(=O)(=O)N2CCOCC2)c1. The Kier molecular flexibility index (Phi) is 5.24. The van der Waals surface area contributed by atoms with Crippen molar-refractivity contribution in [3.05, 3.63) is 64.0 Å². The van der Waals surface area contributed by atoms with Gasteiger partial charge in [-0.25, -0.2) is 12.8 Å². The van der Waals surface area contributed by atoms with Gasteiger partial charge in [0.05, 0.1) is 23.8 Å². The van der Waals surface area contributed by atoms with E-state index in [-0.39, 0.29) is 54.7 Å². The molecule has 29 heavy (non-hydrogen) atoms. The Morgan fingerprint density at radius 1 is 1.14 bits per heavy atom. The van der Waals surface area contributed by atoms with Crippen molar-refractivity contribution in [2.24, 2.45) is 0 Å². The zero-order valence-electron chi connectivity index (χ0n) is 15.5. The lowest BCUT2D eigenvalue weighted by molar-refractivity contribution is -0.385. The van der Waals surface area contributed by atoms with E-state index in [9.17, 15) is 22.9 Å². The molecule has 2 fully saturated rings. The lowest BCUT2D eigenvalue weighted by Gasteiger charge is -2.27. The molecule has 1 N–H and O–H groups in total. The largest absolute Gasteiger partial charge is 0.381 e. The van der Waals surface area contributed by atoms with Gasteiger partial charge in [-0.1, -0.05) is 12.1 Å². The van der Waals surface area contributed by atoms with Crippen LogP contribution in [0.3, 0.4) is 0 Å². The molecule has 154 valence electrons. The molecule has 0 radical (unpaired) electrons. The number of rotatable bonds is 6. The van der Waals surface area contributed by atoms with Crippen LogP contribution in [0.5, 0.6) is 0 Å². The van der Waals surface area contributed by atoms with Gasteiger partial charge in [-0.15, -0.1) is 0 Å². The van der Waals surface area contributed by atoms with Gasteiger partial charge in [-0.2, -0.15) is 4.31 Å². The Balaban J connectivity index is 1.61. The molecule has 8 nitrogen and oxygen atoms in total. The van der Waals surface area contributed by atoms with Crippen LogP contribution in [0.15, 0.2) is 47.4 Å². The molecule has 2 aliphatic rings. The molecule has 0 bridgehead atoms. The molecule has 4 rings (SSSR count). The lowest BCUT2D eigenvalue weighted by atomic mass is 10.1. The van der Waals surface area contributed by atoms with E-state index in [1.165, 1.54) is 28.6 Å². The Labute approximate surface area is 167 Å². The first-order valence-corrected chi connectivity index (χ1v) is 10.7. The molecule has 0 amide bonds. The van der Waals surface area contributed by atoms with E-state index in [1.54, 1.807) is 12.1 Å². The third-order valence-electron chi connectivity index (χ3n) is 5.19. The van der Waals surface area contributed by atoms with Gasteiger partial charge in [-0.3, -0.25) is 10.1 Å². The highest BCUT2D eigenvalue weighted by Gasteiger charge is 2.40. The molecule has 1 aliphatic heterocycles. The standard InChI is InChI=1S/C19H20FN3O5S/c20-14-3-1-13(2-4-14)16-12-18(16)21-17-6-5-15(23(24)25)11-19(17)29(26,27)22-7-9-28-10-8-22/h1-6,11,16,18,21H,7-10,12H2/t16-,18+/m0/s1. The van der Waals surface area contributed by atoms with Gasteiger partial charge in [0, 0.05) is 37.2 Å². The number of halogens is 1. The summed E-state index contributed by atoms with van der Waals surface area (Å²) in [5, 5.41) is 14.4. The predicted octanol–water partition coefficient (Wildman–Crippen LogP) is 2.72. The highest BCUT2D eigenvalue weighted by Crippen LogP contribution is 2.44. The summed E-state index contributed by atoms with van der Waals surface area (Å²) in [5.74, 6) is -0.182. The van der Waals surface area contributed by atoms with Crippen LogP contribution in [0.1, 0.15) is 17.9 Å². The number of nitrogens with one attached hydrogen (secondary N) is 1. The van der Waals surface area contributed by atoms with E-state index in [0.29, 0.717) is 5.69 Å². The van der Waals surface area contributed by atoms with E-state index >= 15 is 0 Å². The third-order valence-corrected chi connectivity index (χ3v) is 7.13. The fourth-order valence-electron chi connectivity index (χ4n) is 3.52. The van der Waals surface area contributed by atoms with Crippen LogP contribution in [0, 0.1) is 15.9 Å². The molecule has 10 heteroatoms. The van der Waals surface area contributed by atoms with E-state index in [1.807, 2.05) is 0 Å². The number of non-ortho nitro benzene ring substituents is 1. The number of sulfonamides is 1. The molecule has 0 aromatic heterocycles. The number of hydrogen-bond acceptors (Lipinski definition) is 6. The smallest absolute Gasteiger partial charge is 0.270 e. The minimum atomic E-state index is -3.92. The summed E-state index contributed by atoms with van der Waals surface area (Å²) in [6.07, 6.45) is 0.764. The predicted molar refractivity (Wildman–Crippen MR) is 104 cm³/mol. The van der Waals surface area contributed by atoms with Gasteiger partial charge < -0.3 is 10.1 Å². The van der Waals surface area contributed by atoms with Crippen LogP contribution < -0.4 is 5.32 Å². The number of nitro groups is 1. The van der Waals surface area contributed by atoms with E-state index in [4.69, 9.17) is 4.74 Å². The quantitative estimate of drug-likeness (QED) is 0.568. The second-order valence-electron chi connectivity index (χ2n) is 7.10. The number of hydrogen-bond donors (Lipinski definition) is 1. The molecule has 1 saturated heterocycles. The van der Waals surface area contributed by atoms with Crippen molar-refractivity contribution in [1.29, 1.82) is 0 Å². The minimum absolute atomic E-state index is 0.0273. The molecule has 0 spiro atoms. The normalized spacial score (nSPS) is 22.2. The minimum Gasteiger partial charge on any atom is -0.381 e. The lowest BCUT2D eigenvalue weighted by Crippen LogP contribution is -2.40. The summed E-state index contributed by atoms with van der Waals surface area (Å²) in [4.78, 5) is 10.5. The summed E-state index contributed by atoms with van der Waals surface area (Å²) in [7, 11) is -3.92. The maximum Gasteiger partial charge on any atom is 0.270 e. The van der Waals surface area contributed by atoms with Crippen molar-refractivity contribution in [3.8, 4) is 0 Å². The van der Waals surface area contributed by atoms with E-state index in [2.05, 4.69) is 5.32 Å². The summed E-state index contributed by atoms with van der Waals surface area (Å²) >= 11 is 0. The molecule has 1 heterocycles. The second-order valence-corrected chi connectivity index (χ2v) is 9.00. The van der Waals surface area contributed by atoms with Gasteiger partial charge in [0.1, 0.15) is 10.7 Å². The van der Waals surface area contributed by atoms with Crippen molar-refractivity contribution in [2.75, 3.05) is 31.6 Å². The fourth-order valence-corrected chi connectivity index (χ4v) is 5.10. The zero-order valence-corrected chi connectivity index (χ0v) is 16.3. The zero-order chi connectivity index (χ0) is 20.6. The average Bonchev–Trinajstić information content (AvgIpc) is 3.48. The Hall–Kier alpha value is -2.56. The molecule has 1 aliphatic carbocycles. The van der Waals surface area contributed by atoms with Crippen molar-refractivity contribution < 1.29 is 22.5 Å². The van der Waals surface area contributed by atoms with Crippen molar-refractivity contribution in [3.63, 3.8) is 0 Å². The monoisotopic (exact) mass is 421 g/mol. The van der Waals surface area contributed by atoms with Gasteiger partial charge >= 0.3 is 0 Å². The molecule has 1 saturated carbocycles. The van der Waals surface area contributed by atoms with Gasteiger partial charge in [0.15, 0.2) is 0 Å². The van der Waals surface area contributed by atoms with Crippen molar-refractivity contribution in [1.82, 2.24) is 4.31 Å². The maximum atomic E-state index is 13.1. The van der Waals surface area contributed by atoms with Gasteiger partial charge in [-0.05, 0) is 30.2 Å². The number of ether oxygens (including phenoxy) is 1. The van der Waals surface area contributed by atoms with Crippen LogP contribution >= 0.6 is 0 Å². The van der Waals surface area contributed by atoms with Crippen molar-refractivity contribution >= 4 is 21.4 Å². The number of morpholine rings is 1. The number of nitro benzene ring substituents is 1. The molecule has 2 aromatic rings. The van der Waals surface area contributed by atoms with E-state index < -0.39 is 14.9 Å². The Morgan fingerprint density at radius 2 is 1.83 bits per heavy atom. The van der Waals surface area contributed by atoms with Crippen LogP contribution in [0.4, 0.5) is 15.8 Å². The van der Waals surface area contributed by atoms with Crippen LogP contribution in [0.25, 0.3) is 0 Å². The van der Waals surface area contributed by atoms with Gasteiger partial charge in [0.25, 0.3) is 5.69 Å². The van der Waals surface area contributed by atoms with Crippen LogP contribution in [-0.2, 0) is 14.8 Å². The first-order valence-electron chi connectivity index (χ1n) is 9.24. The number of nitrogens with zero attached hydrogens (tertiary/aromatic N) is 2. The highest BCUT2D eigenvalue weighted by atomic mass is 32.2. The molecule has 2 atom stereocenters. The Morgan fingerprint density at radius 3 is 2.48 bits per heavy atom. The topological polar surface area (TPSA) is 102 Å². The molecular weight excluding hydrogens is 401 g/mol. The fraction of sp³-hybridized carbons (Fsp3) is 0.368. The molecular formula is C19H20FN3O5S. The Bertz CT molecular complexity index is 1020. The number of anilines is 1. The summed E-state index contributed by atoms with van der Waals surface area (Å²) in [5.41, 5.74) is 1.01. The summed E-state index contributed by atoms with van der Waals surface area (Å²) in [6, 6.07) is 10.0. The van der Waals surface area contributed by atoms with Gasteiger partial charge in [0.2, 0.25) is 10.0 Å². The second kappa shape index (κ2) is 7.69. The molecule has 0 unspecified atom stereocenters. The van der Waals surface area contributed by atoms with E-state index in [0.717, 1.165) is 18.1 Å². The summed E-state index contributed by atoms with van der Waals surface area (Å²) in [6.45, 7) is 0.969. The van der Waals surface area contributed by atoms with Crippen LogP contribution in [0.2, 0.25) is 0 Å². The summed E-state index contributed by atoms with van der Waals surface area (Å²) < 4.78 is 45.9. The first kappa shape index (κ1) is 19.7. The maximum absolute atomic E-state index is 13.1. The average molecular weight is 421 g/mol. The van der Waals surface area contributed by atoms with Crippen LogP contribution in [-0.4, -0.2) is 50.0 Å². The molecule has 2 aromatic carbocycles. The first-order chi connectivity index (χ1) is 13.9. The van der Waals surface area contributed by atoms with Crippen molar-refractivity contribution in [2.45, 2.75) is 23.3 Å².